The van der Waals surface area contributed by atoms with Crippen molar-refractivity contribution in [3.8, 4) is 6.07 Å². The number of nitrogens with one attached hydrogen (secondary N) is 3. The molecule has 4 aromatic rings. The van der Waals surface area contributed by atoms with Crippen LogP contribution in [0.15, 0.2) is 24.3 Å². The Morgan fingerprint density at radius 3 is 2.90 bits per heavy atom. The largest absolute Gasteiger partial charge is 0.342 e. The predicted octanol–water partition coefficient (Wildman–Crippen LogP) is 3.96. The second kappa shape index (κ2) is 6.37. The summed E-state index contributed by atoms with van der Waals surface area (Å²) in [5.41, 5.74) is 2.79. The summed E-state index contributed by atoms with van der Waals surface area (Å²) < 4.78 is 0. The first-order valence-corrected chi connectivity index (χ1v) is 10.0. The number of carbonyl (C=O) groups is 1. The van der Waals surface area contributed by atoms with Crippen LogP contribution in [0.3, 0.4) is 0 Å². The Morgan fingerprint density at radius 2 is 2.14 bits per heavy atom. The Bertz CT molecular complexity index is 1450. The molecule has 7 nitrogen and oxygen atoms in total. The summed E-state index contributed by atoms with van der Waals surface area (Å²) >= 11 is 7.80. The first-order chi connectivity index (χ1) is 14.0. The number of aryl methyl sites for hydroxylation is 1. The Kier molecular flexibility index (Phi) is 3.91. The van der Waals surface area contributed by atoms with E-state index in [-0.39, 0.29) is 29.3 Å². The molecule has 1 amide bonds. The van der Waals surface area contributed by atoms with E-state index in [0.29, 0.717) is 37.1 Å². The summed E-state index contributed by atoms with van der Waals surface area (Å²) in [6.45, 7) is 1.79. The average molecular weight is 421 g/mol. The number of nitrogens with zero attached hydrogens (tertiary/aromatic N) is 3. The highest BCUT2D eigenvalue weighted by molar-refractivity contribution is 7.22. The highest BCUT2D eigenvalue weighted by Crippen LogP contribution is 2.46. The molecule has 0 bridgehead atoms. The van der Waals surface area contributed by atoms with E-state index in [4.69, 9.17) is 17.0 Å². The molecule has 1 aliphatic heterocycles. The molecule has 1 aromatic carbocycles. The number of carbonyl (C=O) groups excluding carboxylic acids is 1. The second-order valence-corrected chi connectivity index (χ2v) is 8.25. The van der Waals surface area contributed by atoms with Crippen LogP contribution < -0.4 is 10.8 Å². The lowest BCUT2D eigenvalue weighted by Crippen LogP contribution is -2.25. The smallest absolute Gasteiger partial charge is 0.225 e. The van der Waals surface area contributed by atoms with Gasteiger partial charge in [-0.15, -0.1) is 0 Å². The van der Waals surface area contributed by atoms with Gasteiger partial charge >= 0.3 is 0 Å². The molecule has 29 heavy (non-hydrogen) atoms. The van der Waals surface area contributed by atoms with Crippen LogP contribution >= 0.6 is 22.9 Å². The number of fused-ring (bicyclic) bond motifs is 2. The number of H-pyrrole nitrogens is 1. The summed E-state index contributed by atoms with van der Waals surface area (Å²) in [5.74, 6) is 0.194. The third kappa shape index (κ3) is 2.63. The number of halogens is 1. The summed E-state index contributed by atoms with van der Waals surface area (Å²) in [5, 5.41) is 22.7. The van der Waals surface area contributed by atoms with Gasteiger partial charge in [-0.2, -0.15) is 5.26 Å². The van der Waals surface area contributed by atoms with E-state index in [0.717, 1.165) is 11.1 Å². The Labute approximate surface area is 173 Å². The van der Waals surface area contributed by atoms with Gasteiger partial charge in [-0.1, -0.05) is 41.1 Å². The van der Waals surface area contributed by atoms with Crippen LogP contribution in [0.4, 0.5) is 5.00 Å². The fraction of sp³-hybridized carbons (Fsp3) is 0.150. The van der Waals surface area contributed by atoms with Crippen LogP contribution in [0.25, 0.3) is 21.3 Å². The molecular formula is C20H13ClN6OS. The van der Waals surface area contributed by atoms with Crippen molar-refractivity contribution in [3.05, 3.63) is 57.3 Å². The van der Waals surface area contributed by atoms with E-state index in [1.54, 1.807) is 13.0 Å². The van der Waals surface area contributed by atoms with Gasteiger partial charge in [0, 0.05) is 22.9 Å². The number of pyridine rings is 1. The number of aromatic nitrogens is 3. The number of nitriles is 1. The molecule has 9 heteroatoms. The minimum absolute atomic E-state index is 0.111. The predicted molar refractivity (Wildman–Crippen MR) is 111 cm³/mol. The standard InChI is InChI=1S/C20H13ClN6OS/c1-8-24-16-11(7-22)18(23)27-17-14-10(9-4-2-3-5-12(9)21)6-13(28)26-19(14)29-20(25-8)15(16)17/h2-5,10,23H,6H2,1H3,(H,24,25)(H,26,28). The molecule has 0 spiro atoms. The zero-order chi connectivity index (χ0) is 20.3. The first kappa shape index (κ1) is 17.8. The molecule has 0 aliphatic carbocycles. The fourth-order valence-corrected chi connectivity index (χ4v) is 5.33. The molecule has 1 unspecified atom stereocenters. The number of benzene rings is 1. The Morgan fingerprint density at radius 1 is 1.34 bits per heavy atom. The van der Waals surface area contributed by atoms with Gasteiger partial charge in [-0.25, -0.2) is 9.97 Å². The molecule has 3 aromatic heterocycles. The minimum Gasteiger partial charge on any atom is -0.342 e. The summed E-state index contributed by atoms with van der Waals surface area (Å²) in [6, 6.07) is 9.50. The van der Waals surface area contributed by atoms with Gasteiger partial charge in [0.05, 0.1) is 16.4 Å². The van der Waals surface area contributed by atoms with E-state index in [9.17, 15) is 10.1 Å². The molecule has 142 valence electrons. The summed E-state index contributed by atoms with van der Waals surface area (Å²) in [6.07, 6.45) is 0.220. The summed E-state index contributed by atoms with van der Waals surface area (Å²) in [4.78, 5) is 25.3. The quantitative estimate of drug-likeness (QED) is 0.431. The SMILES string of the molecule is Cc1nc2sc3c(c4nc(=N)c(C#N)c([nH]1)c24)C(c1ccccc1Cl)CC(=O)N3. The van der Waals surface area contributed by atoms with Crippen molar-refractivity contribution in [3.63, 3.8) is 0 Å². The van der Waals surface area contributed by atoms with Gasteiger partial charge < -0.3 is 10.3 Å². The van der Waals surface area contributed by atoms with Crippen molar-refractivity contribution in [2.24, 2.45) is 0 Å². The van der Waals surface area contributed by atoms with Crippen molar-refractivity contribution in [2.75, 3.05) is 5.32 Å². The molecule has 0 saturated carbocycles. The van der Waals surface area contributed by atoms with E-state index in [2.05, 4.69) is 26.3 Å². The maximum atomic E-state index is 12.5. The van der Waals surface area contributed by atoms with E-state index < -0.39 is 0 Å². The van der Waals surface area contributed by atoms with Crippen LogP contribution in [0.1, 0.15) is 34.9 Å². The minimum atomic E-state index is -0.308. The van der Waals surface area contributed by atoms with Crippen molar-refractivity contribution in [2.45, 2.75) is 19.3 Å². The van der Waals surface area contributed by atoms with Gasteiger partial charge in [0.15, 0.2) is 5.49 Å². The number of anilines is 1. The molecule has 4 heterocycles. The molecule has 1 atom stereocenters. The third-order valence-corrected chi connectivity index (χ3v) is 6.43. The second-order valence-electron chi connectivity index (χ2n) is 6.84. The lowest BCUT2D eigenvalue weighted by Gasteiger charge is -2.27. The van der Waals surface area contributed by atoms with Gasteiger partial charge in [0.2, 0.25) is 5.91 Å². The molecule has 1 aliphatic rings. The van der Waals surface area contributed by atoms with E-state index >= 15 is 0 Å². The molecule has 0 fully saturated rings. The monoisotopic (exact) mass is 420 g/mol. The van der Waals surface area contributed by atoms with Crippen LogP contribution in [-0.4, -0.2) is 20.9 Å². The van der Waals surface area contributed by atoms with Crippen LogP contribution in [0.2, 0.25) is 5.02 Å². The van der Waals surface area contributed by atoms with E-state index in [1.165, 1.54) is 11.3 Å². The number of hydrogen-bond acceptors (Lipinski definition) is 6. The molecular weight excluding hydrogens is 408 g/mol. The first-order valence-electron chi connectivity index (χ1n) is 8.84. The number of aromatic amines is 1. The highest BCUT2D eigenvalue weighted by atomic mass is 35.5. The lowest BCUT2D eigenvalue weighted by molar-refractivity contribution is -0.116. The number of hydrogen-bond donors (Lipinski definition) is 3. The maximum absolute atomic E-state index is 12.5. The van der Waals surface area contributed by atoms with Crippen LogP contribution in [0.5, 0.6) is 0 Å². The molecule has 0 saturated heterocycles. The zero-order valence-electron chi connectivity index (χ0n) is 15.1. The van der Waals surface area contributed by atoms with E-state index in [1.807, 2.05) is 18.2 Å². The van der Waals surface area contributed by atoms with Gasteiger partial charge in [0.1, 0.15) is 27.3 Å². The topological polar surface area (TPSA) is 118 Å². The normalized spacial score (nSPS) is 15.9. The van der Waals surface area contributed by atoms with Gasteiger partial charge in [0.25, 0.3) is 0 Å². The molecule has 3 N–H and O–H groups in total. The highest BCUT2D eigenvalue weighted by Gasteiger charge is 2.32. The van der Waals surface area contributed by atoms with Crippen molar-refractivity contribution >= 4 is 55.1 Å². The van der Waals surface area contributed by atoms with Crippen LogP contribution in [-0.2, 0) is 4.79 Å². The van der Waals surface area contributed by atoms with Crippen molar-refractivity contribution in [1.29, 1.82) is 10.7 Å². The van der Waals surface area contributed by atoms with Gasteiger partial charge in [-0.05, 0) is 18.6 Å². The average Bonchev–Trinajstić information content (AvgIpc) is 2.67. The number of rotatable bonds is 1. The third-order valence-electron chi connectivity index (χ3n) is 5.07. The van der Waals surface area contributed by atoms with Crippen molar-refractivity contribution in [1.82, 2.24) is 15.0 Å². The summed E-state index contributed by atoms with van der Waals surface area (Å²) in [7, 11) is 0. The lowest BCUT2D eigenvalue weighted by atomic mass is 9.86. The number of amides is 1. The molecule has 0 radical (unpaired) electrons. The van der Waals surface area contributed by atoms with Crippen molar-refractivity contribution < 1.29 is 4.79 Å². The Hall–Kier alpha value is -3.28. The zero-order valence-corrected chi connectivity index (χ0v) is 16.7. The molecule has 5 rings (SSSR count). The van der Waals surface area contributed by atoms with Gasteiger partial charge in [-0.3, -0.25) is 10.2 Å². The Balaban J connectivity index is 1.97. The van der Waals surface area contributed by atoms with Crippen LogP contribution in [0, 0.1) is 23.7 Å². The fourth-order valence-electron chi connectivity index (χ4n) is 3.88. The maximum Gasteiger partial charge on any atom is 0.225 e.